The molecule has 0 radical (unpaired) electrons. The van der Waals surface area contributed by atoms with Gasteiger partial charge in [0.2, 0.25) is 10.0 Å². The Morgan fingerprint density at radius 3 is 2.71 bits per heavy atom. The Balaban J connectivity index is 2.00. The minimum atomic E-state index is -3.55. The predicted octanol–water partition coefficient (Wildman–Crippen LogP) is 2.40. The molecule has 1 fully saturated rings. The van der Waals surface area contributed by atoms with Crippen LogP contribution in [-0.4, -0.2) is 21.5 Å². The topological polar surface area (TPSA) is 58.2 Å². The lowest BCUT2D eigenvalue weighted by molar-refractivity contribution is 0.297. The van der Waals surface area contributed by atoms with Gasteiger partial charge in [-0.25, -0.2) is 17.5 Å². The molecule has 6 heteroatoms. The molecule has 4 nitrogen and oxygen atoms in total. The van der Waals surface area contributed by atoms with Crippen molar-refractivity contribution < 1.29 is 12.8 Å². The Labute approximate surface area is 126 Å². The molecule has 0 spiro atoms. The molecule has 0 aliphatic heterocycles. The number of benzene rings is 1. The molecule has 1 aliphatic rings. The van der Waals surface area contributed by atoms with Crippen molar-refractivity contribution >= 4 is 10.0 Å². The zero-order valence-electron chi connectivity index (χ0n) is 12.4. The first kappa shape index (κ1) is 16.4. The fourth-order valence-corrected chi connectivity index (χ4v) is 3.47. The van der Waals surface area contributed by atoms with E-state index in [1.807, 2.05) is 6.92 Å². The van der Waals surface area contributed by atoms with Gasteiger partial charge in [0.25, 0.3) is 0 Å². The van der Waals surface area contributed by atoms with Crippen LogP contribution in [0.2, 0.25) is 0 Å². The highest BCUT2D eigenvalue weighted by Gasteiger charge is 2.19. The van der Waals surface area contributed by atoms with Crippen molar-refractivity contribution in [1.29, 1.82) is 0 Å². The second-order valence-corrected chi connectivity index (χ2v) is 7.28. The molecule has 0 heterocycles. The van der Waals surface area contributed by atoms with Crippen LogP contribution in [0.4, 0.5) is 4.39 Å². The molecule has 0 aromatic heterocycles. The van der Waals surface area contributed by atoms with Gasteiger partial charge in [-0.05, 0) is 37.1 Å². The fourth-order valence-electron chi connectivity index (χ4n) is 2.38. The Kier molecular flexibility index (Phi) is 5.72. The minimum Gasteiger partial charge on any atom is -0.313 e. The molecule has 0 amide bonds. The minimum absolute atomic E-state index is 0.130. The van der Waals surface area contributed by atoms with E-state index < -0.39 is 10.0 Å². The van der Waals surface area contributed by atoms with Crippen molar-refractivity contribution in [2.45, 2.75) is 44.0 Å². The molecule has 2 N–H and O–H groups in total. The van der Waals surface area contributed by atoms with E-state index in [0.29, 0.717) is 31.1 Å². The smallest absolute Gasteiger partial charge is 0.240 e. The Hall–Kier alpha value is -0.980. The standard InChI is InChI=1S/C15H23FN2O2S/c1-2-17-11-13-10-14(6-7-15(13)16)21(19,20)18-9-8-12-4-3-5-12/h6-7,10,12,17-18H,2-5,8-9,11H2,1H3. The zero-order valence-corrected chi connectivity index (χ0v) is 13.2. The summed E-state index contributed by atoms with van der Waals surface area (Å²) < 4.78 is 40.7. The molecule has 1 aromatic carbocycles. The number of hydrogen-bond acceptors (Lipinski definition) is 3. The SMILES string of the molecule is CCNCc1cc(S(=O)(=O)NCCC2CCC2)ccc1F. The maximum absolute atomic E-state index is 13.6. The second-order valence-electron chi connectivity index (χ2n) is 5.52. The fraction of sp³-hybridized carbons (Fsp3) is 0.600. The van der Waals surface area contributed by atoms with E-state index in [-0.39, 0.29) is 10.7 Å². The van der Waals surface area contributed by atoms with Crippen LogP contribution in [0, 0.1) is 11.7 Å². The third kappa shape index (κ3) is 4.49. The van der Waals surface area contributed by atoms with Gasteiger partial charge in [-0.2, -0.15) is 0 Å². The molecule has 0 atom stereocenters. The summed E-state index contributed by atoms with van der Waals surface area (Å²) in [5, 5.41) is 3.00. The third-order valence-corrected chi connectivity index (χ3v) is 5.42. The van der Waals surface area contributed by atoms with Crippen LogP contribution in [0.15, 0.2) is 23.1 Å². The highest BCUT2D eigenvalue weighted by atomic mass is 32.2. The first-order valence-corrected chi connectivity index (χ1v) is 9.00. The van der Waals surface area contributed by atoms with E-state index in [4.69, 9.17) is 0 Å². The quantitative estimate of drug-likeness (QED) is 0.775. The maximum Gasteiger partial charge on any atom is 0.240 e. The van der Waals surface area contributed by atoms with Crippen LogP contribution in [0.25, 0.3) is 0 Å². The number of halogens is 1. The summed E-state index contributed by atoms with van der Waals surface area (Å²) in [4.78, 5) is 0.130. The van der Waals surface area contributed by atoms with Crippen molar-refractivity contribution in [1.82, 2.24) is 10.0 Å². The molecule has 21 heavy (non-hydrogen) atoms. The summed E-state index contributed by atoms with van der Waals surface area (Å²) in [6.45, 7) is 3.40. The van der Waals surface area contributed by atoms with Crippen LogP contribution in [0.3, 0.4) is 0 Å². The molecule has 118 valence electrons. The Bertz CT molecular complexity index is 571. The lowest BCUT2D eigenvalue weighted by atomic mass is 9.83. The van der Waals surface area contributed by atoms with E-state index in [0.717, 1.165) is 6.42 Å². The monoisotopic (exact) mass is 314 g/mol. The van der Waals surface area contributed by atoms with Gasteiger partial charge >= 0.3 is 0 Å². The van der Waals surface area contributed by atoms with Gasteiger partial charge in [-0.15, -0.1) is 0 Å². The van der Waals surface area contributed by atoms with E-state index in [1.54, 1.807) is 0 Å². The molecular formula is C15H23FN2O2S. The van der Waals surface area contributed by atoms with Crippen molar-refractivity contribution in [2.75, 3.05) is 13.1 Å². The molecule has 1 aliphatic carbocycles. The van der Waals surface area contributed by atoms with Gasteiger partial charge < -0.3 is 5.32 Å². The number of rotatable bonds is 8. The first-order chi connectivity index (χ1) is 10.0. The third-order valence-electron chi connectivity index (χ3n) is 3.96. The van der Waals surface area contributed by atoms with Crippen molar-refractivity contribution in [3.05, 3.63) is 29.6 Å². The van der Waals surface area contributed by atoms with E-state index in [9.17, 15) is 12.8 Å². The largest absolute Gasteiger partial charge is 0.313 e. The highest BCUT2D eigenvalue weighted by molar-refractivity contribution is 7.89. The van der Waals surface area contributed by atoms with E-state index in [2.05, 4.69) is 10.0 Å². The maximum atomic E-state index is 13.6. The Morgan fingerprint density at radius 2 is 2.10 bits per heavy atom. The summed E-state index contributed by atoms with van der Waals surface area (Å²) in [5.74, 6) is 0.273. The van der Waals surface area contributed by atoms with Gasteiger partial charge in [0.05, 0.1) is 4.90 Å². The highest BCUT2D eigenvalue weighted by Crippen LogP contribution is 2.28. The average molecular weight is 314 g/mol. The van der Waals surface area contributed by atoms with Gasteiger partial charge in [0.1, 0.15) is 5.82 Å². The van der Waals surface area contributed by atoms with Crippen molar-refractivity contribution in [2.24, 2.45) is 5.92 Å². The zero-order chi connectivity index (χ0) is 15.3. The van der Waals surface area contributed by atoms with Gasteiger partial charge in [0, 0.05) is 18.7 Å². The van der Waals surface area contributed by atoms with Crippen LogP contribution in [0.1, 0.15) is 38.2 Å². The van der Waals surface area contributed by atoms with Crippen LogP contribution in [0.5, 0.6) is 0 Å². The molecule has 0 bridgehead atoms. The van der Waals surface area contributed by atoms with Crippen molar-refractivity contribution in [3.8, 4) is 0 Å². The summed E-state index contributed by atoms with van der Waals surface area (Å²) in [5.41, 5.74) is 0.374. The summed E-state index contributed by atoms with van der Waals surface area (Å²) in [6.07, 6.45) is 4.53. The second kappa shape index (κ2) is 7.33. The molecular weight excluding hydrogens is 291 g/mol. The Morgan fingerprint density at radius 1 is 1.33 bits per heavy atom. The molecule has 1 aromatic rings. The molecule has 1 saturated carbocycles. The first-order valence-electron chi connectivity index (χ1n) is 7.51. The number of nitrogens with one attached hydrogen (secondary N) is 2. The van der Waals surface area contributed by atoms with Gasteiger partial charge in [-0.3, -0.25) is 0 Å². The van der Waals surface area contributed by atoms with E-state index >= 15 is 0 Å². The summed E-state index contributed by atoms with van der Waals surface area (Å²) in [7, 11) is -3.55. The van der Waals surface area contributed by atoms with Crippen molar-refractivity contribution in [3.63, 3.8) is 0 Å². The molecule has 0 unspecified atom stereocenters. The lowest BCUT2D eigenvalue weighted by Gasteiger charge is -2.25. The summed E-state index contributed by atoms with van der Waals surface area (Å²) >= 11 is 0. The predicted molar refractivity (Wildman–Crippen MR) is 80.9 cm³/mol. The van der Waals surface area contributed by atoms with Crippen LogP contribution in [-0.2, 0) is 16.6 Å². The molecule has 0 saturated heterocycles. The average Bonchev–Trinajstić information content (AvgIpc) is 2.40. The number of hydrogen-bond donors (Lipinski definition) is 2. The molecule has 2 rings (SSSR count). The van der Waals surface area contributed by atoms with Gasteiger partial charge in [-0.1, -0.05) is 26.2 Å². The lowest BCUT2D eigenvalue weighted by Crippen LogP contribution is -2.27. The normalized spacial score (nSPS) is 15.9. The number of sulfonamides is 1. The summed E-state index contributed by atoms with van der Waals surface area (Å²) in [6, 6.07) is 3.94. The van der Waals surface area contributed by atoms with Crippen LogP contribution < -0.4 is 10.0 Å². The van der Waals surface area contributed by atoms with Crippen LogP contribution >= 0.6 is 0 Å². The van der Waals surface area contributed by atoms with Gasteiger partial charge in [0.15, 0.2) is 0 Å². The van der Waals surface area contributed by atoms with E-state index in [1.165, 1.54) is 37.5 Å².